The molecule has 0 amide bonds. The summed E-state index contributed by atoms with van der Waals surface area (Å²) in [5.41, 5.74) is 0. The fraction of sp³-hybridized carbons (Fsp3) is 0.952. The van der Waals surface area contributed by atoms with E-state index in [1.807, 2.05) is 0 Å². The monoisotopic (exact) mass is 379 g/mol. The molecule has 25 heavy (non-hydrogen) atoms. The van der Waals surface area contributed by atoms with Crippen LogP contribution in [-0.4, -0.2) is 30.0 Å². The predicted molar refractivity (Wildman–Crippen MR) is 102 cm³/mol. The molecule has 0 fully saturated rings. The molecule has 0 aliphatic heterocycles. The summed E-state index contributed by atoms with van der Waals surface area (Å²) in [6.45, 7) is 8.69. The largest absolute Gasteiger partial charge is 1.00 e. The van der Waals surface area contributed by atoms with E-state index >= 15 is 0 Å². The zero-order chi connectivity index (χ0) is 18.0. The molecular formula is C21H42KNO2. The molecule has 0 aliphatic carbocycles. The van der Waals surface area contributed by atoms with Crippen molar-refractivity contribution in [2.75, 3.05) is 13.1 Å². The molecule has 1 atom stereocenters. The van der Waals surface area contributed by atoms with Crippen molar-refractivity contribution in [2.45, 2.75) is 117 Å². The number of carboxylic acid groups (broad SMARTS) is 1. The molecule has 0 rings (SSSR count). The van der Waals surface area contributed by atoms with E-state index in [-0.39, 0.29) is 63.8 Å². The summed E-state index contributed by atoms with van der Waals surface area (Å²) in [5, 5.41) is 11.0. The average Bonchev–Trinajstić information content (AvgIpc) is 2.57. The van der Waals surface area contributed by atoms with Gasteiger partial charge in [-0.05, 0) is 32.4 Å². The van der Waals surface area contributed by atoms with Crippen molar-refractivity contribution in [3.8, 4) is 0 Å². The normalized spacial score (nSPS) is 12.2. The van der Waals surface area contributed by atoms with Crippen LogP contribution in [0.15, 0.2) is 0 Å². The zero-order valence-corrected chi connectivity index (χ0v) is 20.8. The number of rotatable bonds is 18. The maximum atomic E-state index is 11.0. The van der Waals surface area contributed by atoms with Gasteiger partial charge in [0.15, 0.2) is 0 Å². The molecule has 3 nitrogen and oxygen atoms in total. The minimum atomic E-state index is -0.905. The summed E-state index contributed by atoms with van der Waals surface area (Å²) in [5.74, 6) is -0.905. The fourth-order valence-corrected chi connectivity index (χ4v) is 3.39. The van der Waals surface area contributed by atoms with Crippen molar-refractivity contribution in [1.82, 2.24) is 4.90 Å². The van der Waals surface area contributed by atoms with Gasteiger partial charge in [-0.1, -0.05) is 85.0 Å². The van der Waals surface area contributed by atoms with E-state index in [4.69, 9.17) is 0 Å². The molecule has 1 unspecified atom stereocenters. The molecule has 144 valence electrons. The van der Waals surface area contributed by atoms with Crippen molar-refractivity contribution >= 4 is 5.97 Å². The first-order valence-electron chi connectivity index (χ1n) is 10.6. The summed E-state index contributed by atoms with van der Waals surface area (Å²) >= 11 is 0. The molecule has 4 heteroatoms. The van der Waals surface area contributed by atoms with Crippen LogP contribution in [0.25, 0.3) is 0 Å². The molecule has 0 saturated carbocycles. The Balaban J connectivity index is 0. The molecule has 0 heterocycles. The Morgan fingerprint density at radius 1 is 0.760 bits per heavy atom. The third-order valence-electron chi connectivity index (χ3n) is 4.99. The van der Waals surface area contributed by atoms with Crippen molar-refractivity contribution < 1.29 is 61.3 Å². The summed E-state index contributed by atoms with van der Waals surface area (Å²) in [7, 11) is 0. The van der Waals surface area contributed by atoms with Crippen LogP contribution in [0, 0.1) is 0 Å². The van der Waals surface area contributed by atoms with Gasteiger partial charge < -0.3 is 14.8 Å². The first kappa shape index (κ1) is 28.3. The Labute approximate surface area is 200 Å². The van der Waals surface area contributed by atoms with E-state index in [1.165, 1.54) is 77.0 Å². The van der Waals surface area contributed by atoms with Crippen LogP contribution in [0.3, 0.4) is 0 Å². The van der Waals surface area contributed by atoms with Crippen molar-refractivity contribution in [3.63, 3.8) is 0 Å². The van der Waals surface area contributed by atoms with Crippen molar-refractivity contribution in [2.24, 2.45) is 0 Å². The third kappa shape index (κ3) is 18.2. The first-order valence-corrected chi connectivity index (χ1v) is 10.6. The minimum Gasteiger partial charge on any atom is -0.550 e. The minimum absolute atomic E-state index is 0. The Morgan fingerprint density at radius 3 is 1.52 bits per heavy atom. The topological polar surface area (TPSA) is 43.4 Å². The number of hydrogen-bond donors (Lipinski definition) is 0. The SMILES string of the molecule is CCCCCCCCN(CCCCCCCC)C(CC)CC(=O)[O-].[K+]. The molecule has 0 saturated heterocycles. The molecular weight excluding hydrogens is 337 g/mol. The number of carbonyl (C=O) groups excluding carboxylic acids is 1. The zero-order valence-electron chi connectivity index (χ0n) is 17.7. The Morgan fingerprint density at radius 2 is 1.16 bits per heavy atom. The maximum absolute atomic E-state index is 11.0. The summed E-state index contributed by atoms with van der Waals surface area (Å²) in [4.78, 5) is 13.5. The molecule has 0 aliphatic rings. The van der Waals surface area contributed by atoms with E-state index in [9.17, 15) is 9.90 Å². The standard InChI is InChI=1S/C21H43NO2.K/c1-4-7-9-11-13-15-17-22(20(6-3)19-21(23)24)18-16-14-12-10-8-5-2;/h20H,4-19H2,1-3H3,(H,23,24);/q;+1/p-1. The molecule has 0 N–H and O–H groups in total. The fourth-order valence-electron chi connectivity index (χ4n) is 3.39. The Kier molecular flexibility index (Phi) is 24.2. The van der Waals surface area contributed by atoms with Crippen LogP contribution in [0.4, 0.5) is 0 Å². The van der Waals surface area contributed by atoms with Crippen LogP contribution < -0.4 is 56.5 Å². The van der Waals surface area contributed by atoms with Crippen LogP contribution in [-0.2, 0) is 4.79 Å². The van der Waals surface area contributed by atoms with Gasteiger partial charge in [0.1, 0.15) is 0 Å². The second kappa shape index (κ2) is 21.4. The van der Waals surface area contributed by atoms with E-state index < -0.39 is 5.97 Å². The van der Waals surface area contributed by atoms with E-state index in [0.29, 0.717) is 0 Å². The summed E-state index contributed by atoms with van der Waals surface area (Å²) in [6.07, 6.45) is 16.6. The Bertz CT molecular complexity index is 271. The summed E-state index contributed by atoms with van der Waals surface area (Å²) in [6, 6.07) is 0.154. The van der Waals surface area contributed by atoms with Crippen LogP contribution in [0.1, 0.15) is 111 Å². The smallest absolute Gasteiger partial charge is 0.550 e. The quantitative estimate of drug-likeness (QED) is 0.270. The van der Waals surface area contributed by atoms with Gasteiger partial charge in [-0.15, -0.1) is 0 Å². The molecule has 0 spiro atoms. The van der Waals surface area contributed by atoms with E-state index in [0.717, 1.165) is 19.5 Å². The molecule has 0 aromatic heterocycles. The van der Waals surface area contributed by atoms with Crippen LogP contribution in [0.2, 0.25) is 0 Å². The van der Waals surface area contributed by atoms with Gasteiger partial charge in [-0.25, -0.2) is 0 Å². The molecule has 0 aromatic carbocycles. The second-order valence-corrected chi connectivity index (χ2v) is 7.21. The number of aliphatic carboxylic acids is 1. The average molecular weight is 380 g/mol. The number of nitrogens with zero attached hydrogens (tertiary/aromatic N) is 1. The van der Waals surface area contributed by atoms with E-state index in [1.54, 1.807) is 0 Å². The van der Waals surface area contributed by atoms with Crippen molar-refractivity contribution in [3.05, 3.63) is 0 Å². The van der Waals surface area contributed by atoms with Gasteiger partial charge in [0.25, 0.3) is 0 Å². The van der Waals surface area contributed by atoms with Gasteiger partial charge in [0, 0.05) is 18.4 Å². The number of hydrogen-bond acceptors (Lipinski definition) is 3. The van der Waals surface area contributed by atoms with Crippen LogP contribution >= 0.6 is 0 Å². The number of carbonyl (C=O) groups is 1. The van der Waals surface area contributed by atoms with Gasteiger partial charge >= 0.3 is 51.4 Å². The van der Waals surface area contributed by atoms with Gasteiger partial charge in [-0.3, -0.25) is 0 Å². The number of carboxylic acids is 1. The van der Waals surface area contributed by atoms with Gasteiger partial charge in [0.05, 0.1) is 0 Å². The predicted octanol–water partition coefficient (Wildman–Crippen LogP) is 1.93. The molecule has 0 radical (unpaired) electrons. The second-order valence-electron chi connectivity index (χ2n) is 7.21. The Hall–Kier alpha value is 1.07. The first-order chi connectivity index (χ1) is 11.7. The van der Waals surface area contributed by atoms with Crippen LogP contribution in [0.5, 0.6) is 0 Å². The number of unbranched alkanes of at least 4 members (excludes halogenated alkanes) is 10. The van der Waals surface area contributed by atoms with Gasteiger partial charge in [0.2, 0.25) is 0 Å². The molecule has 0 aromatic rings. The third-order valence-corrected chi connectivity index (χ3v) is 4.99. The van der Waals surface area contributed by atoms with Gasteiger partial charge in [-0.2, -0.15) is 0 Å². The molecule has 0 bridgehead atoms. The maximum Gasteiger partial charge on any atom is 1.00 e. The van der Waals surface area contributed by atoms with E-state index in [2.05, 4.69) is 25.7 Å². The van der Waals surface area contributed by atoms with Crippen molar-refractivity contribution in [1.29, 1.82) is 0 Å². The summed E-state index contributed by atoms with van der Waals surface area (Å²) < 4.78 is 0.